The van der Waals surface area contributed by atoms with E-state index < -0.39 is 0 Å². The van der Waals surface area contributed by atoms with Crippen molar-refractivity contribution in [2.24, 2.45) is 0 Å². The molecule has 0 aromatic heterocycles. The molecule has 2 amide bonds. The van der Waals surface area contributed by atoms with Crippen molar-refractivity contribution in [1.82, 2.24) is 4.90 Å². The van der Waals surface area contributed by atoms with Crippen LogP contribution in [0.15, 0.2) is 48.5 Å². The second kappa shape index (κ2) is 8.73. The highest BCUT2D eigenvalue weighted by Crippen LogP contribution is 2.23. The minimum absolute atomic E-state index is 0.0423. The number of hydrogen-bond donors (Lipinski definition) is 1. The van der Waals surface area contributed by atoms with E-state index in [4.69, 9.17) is 9.47 Å². The van der Waals surface area contributed by atoms with Gasteiger partial charge in [-0.1, -0.05) is 12.1 Å². The summed E-state index contributed by atoms with van der Waals surface area (Å²) in [5, 5.41) is 2.77. The van der Waals surface area contributed by atoms with Crippen LogP contribution in [0.5, 0.6) is 11.5 Å². The second-order valence-corrected chi connectivity index (χ2v) is 5.30. The van der Waals surface area contributed by atoms with E-state index in [2.05, 4.69) is 5.32 Å². The van der Waals surface area contributed by atoms with Crippen molar-refractivity contribution in [3.05, 3.63) is 54.1 Å². The number of carbonyl (C=O) groups is 2. The maximum Gasteiger partial charge on any atom is 0.254 e. The van der Waals surface area contributed by atoms with E-state index in [-0.39, 0.29) is 18.4 Å². The Kier molecular flexibility index (Phi) is 6.39. The van der Waals surface area contributed by atoms with Gasteiger partial charge in [0, 0.05) is 12.1 Å². The molecule has 2 aromatic rings. The number of rotatable bonds is 7. The minimum Gasteiger partial charge on any atom is -0.497 e. The second-order valence-electron chi connectivity index (χ2n) is 5.30. The highest BCUT2D eigenvalue weighted by molar-refractivity contribution is 5.99. The van der Waals surface area contributed by atoms with Crippen LogP contribution in [0.4, 0.5) is 5.69 Å². The molecule has 0 atom stereocenters. The quantitative estimate of drug-likeness (QED) is 0.840. The molecule has 0 fully saturated rings. The van der Waals surface area contributed by atoms with E-state index in [0.717, 1.165) is 0 Å². The van der Waals surface area contributed by atoms with Crippen LogP contribution < -0.4 is 14.8 Å². The SMILES string of the molecule is CCN(CC(=O)Nc1ccccc1OC)C(=O)c1ccc(OC)cc1. The molecule has 1 N–H and O–H groups in total. The van der Waals surface area contributed by atoms with Gasteiger partial charge in [-0.3, -0.25) is 9.59 Å². The number of para-hydroxylation sites is 2. The maximum absolute atomic E-state index is 12.6. The number of nitrogens with one attached hydrogen (secondary N) is 1. The standard InChI is InChI=1S/C19H22N2O4/c1-4-21(19(23)14-9-11-15(24-2)12-10-14)13-18(22)20-16-7-5-6-8-17(16)25-3/h5-12H,4,13H2,1-3H3,(H,20,22). The number of nitrogens with zero attached hydrogens (tertiary/aromatic N) is 1. The first-order valence-corrected chi connectivity index (χ1v) is 7.95. The van der Waals surface area contributed by atoms with E-state index >= 15 is 0 Å². The average Bonchev–Trinajstić information content (AvgIpc) is 2.66. The molecule has 6 nitrogen and oxygen atoms in total. The topological polar surface area (TPSA) is 67.9 Å². The fourth-order valence-electron chi connectivity index (χ4n) is 2.35. The Bertz CT molecular complexity index is 728. The number of anilines is 1. The van der Waals surface area contributed by atoms with Crippen molar-refractivity contribution in [3.8, 4) is 11.5 Å². The van der Waals surface area contributed by atoms with Crippen LogP contribution >= 0.6 is 0 Å². The van der Waals surface area contributed by atoms with Crippen molar-refractivity contribution in [1.29, 1.82) is 0 Å². The molecule has 6 heteroatoms. The molecule has 0 heterocycles. The van der Waals surface area contributed by atoms with Gasteiger partial charge in [-0.15, -0.1) is 0 Å². The van der Waals surface area contributed by atoms with Crippen molar-refractivity contribution < 1.29 is 19.1 Å². The number of hydrogen-bond acceptors (Lipinski definition) is 4. The van der Waals surface area contributed by atoms with E-state index in [1.807, 2.05) is 13.0 Å². The first-order chi connectivity index (χ1) is 12.1. The summed E-state index contributed by atoms with van der Waals surface area (Å²) in [5.41, 5.74) is 1.08. The summed E-state index contributed by atoms with van der Waals surface area (Å²) in [6.07, 6.45) is 0. The van der Waals surface area contributed by atoms with Crippen LogP contribution in [0, 0.1) is 0 Å². The Morgan fingerprint density at radius 3 is 2.28 bits per heavy atom. The zero-order valence-electron chi connectivity index (χ0n) is 14.6. The van der Waals surface area contributed by atoms with Crippen molar-refractivity contribution >= 4 is 17.5 Å². The number of amides is 2. The van der Waals surface area contributed by atoms with Gasteiger partial charge in [-0.2, -0.15) is 0 Å². The molecule has 0 aliphatic rings. The predicted octanol–water partition coefficient (Wildman–Crippen LogP) is 2.80. The molecule has 0 saturated carbocycles. The van der Waals surface area contributed by atoms with Crippen LogP contribution in [-0.4, -0.2) is 44.0 Å². The van der Waals surface area contributed by atoms with Gasteiger partial charge in [-0.25, -0.2) is 0 Å². The first-order valence-electron chi connectivity index (χ1n) is 7.95. The van der Waals surface area contributed by atoms with E-state index in [9.17, 15) is 9.59 Å². The Balaban J connectivity index is 2.04. The lowest BCUT2D eigenvalue weighted by molar-refractivity contribution is -0.116. The lowest BCUT2D eigenvalue weighted by Gasteiger charge is -2.21. The summed E-state index contributed by atoms with van der Waals surface area (Å²) >= 11 is 0. The normalized spacial score (nSPS) is 10.0. The fourth-order valence-corrected chi connectivity index (χ4v) is 2.35. The van der Waals surface area contributed by atoms with Gasteiger partial charge in [0.05, 0.1) is 19.9 Å². The Labute approximate surface area is 147 Å². The average molecular weight is 342 g/mol. The number of ether oxygens (including phenoxy) is 2. The molecular formula is C19H22N2O4. The van der Waals surface area contributed by atoms with Crippen LogP contribution in [0.25, 0.3) is 0 Å². The van der Waals surface area contributed by atoms with E-state index in [1.54, 1.807) is 49.6 Å². The summed E-state index contributed by atoms with van der Waals surface area (Å²) in [7, 11) is 3.11. The summed E-state index contributed by atoms with van der Waals surface area (Å²) in [5.74, 6) is 0.752. The van der Waals surface area contributed by atoms with Crippen LogP contribution in [-0.2, 0) is 4.79 Å². The molecule has 0 aliphatic carbocycles. The van der Waals surface area contributed by atoms with Crippen LogP contribution in [0.1, 0.15) is 17.3 Å². The summed E-state index contributed by atoms with van der Waals surface area (Å²) in [6, 6.07) is 13.9. The van der Waals surface area contributed by atoms with Gasteiger partial charge >= 0.3 is 0 Å². The number of methoxy groups -OCH3 is 2. The molecule has 0 spiro atoms. The third-order valence-electron chi connectivity index (χ3n) is 3.72. The highest BCUT2D eigenvalue weighted by atomic mass is 16.5. The lowest BCUT2D eigenvalue weighted by Crippen LogP contribution is -2.37. The van der Waals surface area contributed by atoms with Crippen LogP contribution in [0.2, 0.25) is 0 Å². The molecule has 0 saturated heterocycles. The molecule has 0 bridgehead atoms. The highest BCUT2D eigenvalue weighted by Gasteiger charge is 2.18. The summed E-state index contributed by atoms with van der Waals surface area (Å²) in [4.78, 5) is 26.4. The first kappa shape index (κ1) is 18.3. The minimum atomic E-state index is -0.284. The smallest absolute Gasteiger partial charge is 0.254 e. The third kappa shape index (κ3) is 4.73. The monoisotopic (exact) mass is 342 g/mol. The van der Waals surface area contributed by atoms with Gasteiger partial charge in [0.25, 0.3) is 5.91 Å². The molecule has 2 aromatic carbocycles. The Hall–Kier alpha value is -3.02. The summed E-state index contributed by atoms with van der Waals surface area (Å²) < 4.78 is 10.3. The van der Waals surface area contributed by atoms with Crippen LogP contribution in [0.3, 0.4) is 0 Å². The molecule has 0 radical (unpaired) electrons. The van der Waals surface area contributed by atoms with Gasteiger partial charge in [0.1, 0.15) is 18.0 Å². The number of carbonyl (C=O) groups excluding carboxylic acids is 2. The van der Waals surface area contributed by atoms with Gasteiger partial charge in [0.15, 0.2) is 0 Å². The van der Waals surface area contributed by atoms with Crippen molar-refractivity contribution in [2.45, 2.75) is 6.92 Å². The Morgan fingerprint density at radius 2 is 1.68 bits per heavy atom. The molecule has 25 heavy (non-hydrogen) atoms. The molecule has 132 valence electrons. The zero-order valence-corrected chi connectivity index (χ0v) is 14.6. The van der Waals surface area contributed by atoms with Gasteiger partial charge in [-0.05, 0) is 43.3 Å². The third-order valence-corrected chi connectivity index (χ3v) is 3.72. The maximum atomic E-state index is 12.6. The van der Waals surface area contributed by atoms with E-state index in [1.165, 1.54) is 12.0 Å². The molecule has 0 aliphatic heterocycles. The predicted molar refractivity (Wildman–Crippen MR) is 96.2 cm³/mol. The van der Waals surface area contributed by atoms with Crippen molar-refractivity contribution in [2.75, 3.05) is 32.6 Å². The Morgan fingerprint density at radius 1 is 1.00 bits per heavy atom. The van der Waals surface area contributed by atoms with Gasteiger partial charge < -0.3 is 19.7 Å². The zero-order chi connectivity index (χ0) is 18.2. The van der Waals surface area contributed by atoms with Crippen molar-refractivity contribution in [3.63, 3.8) is 0 Å². The molecule has 0 unspecified atom stereocenters. The van der Waals surface area contributed by atoms with E-state index in [0.29, 0.717) is 29.3 Å². The fraction of sp³-hybridized carbons (Fsp3) is 0.263. The molecule has 2 rings (SSSR count). The number of benzene rings is 2. The van der Waals surface area contributed by atoms with Gasteiger partial charge in [0.2, 0.25) is 5.91 Å². The summed E-state index contributed by atoms with van der Waals surface area (Å²) in [6.45, 7) is 2.21. The number of likely N-dealkylation sites (N-methyl/N-ethyl adjacent to an activating group) is 1. The molecular weight excluding hydrogens is 320 g/mol. The largest absolute Gasteiger partial charge is 0.497 e. The lowest BCUT2D eigenvalue weighted by atomic mass is 10.2.